The van der Waals surface area contributed by atoms with Gasteiger partial charge in [0.05, 0.1) is 34.3 Å². The largest absolute Gasteiger partial charge is 0.382 e. The highest BCUT2D eigenvalue weighted by Gasteiger charge is 2.15. The molecule has 0 amide bonds. The third kappa shape index (κ3) is 3.57. The number of nitrogens with one attached hydrogen (secondary N) is 3. The van der Waals surface area contributed by atoms with Crippen LogP contribution < -0.4 is 5.32 Å². The number of rotatable bonds is 5. The van der Waals surface area contributed by atoms with Gasteiger partial charge in [0.1, 0.15) is 5.69 Å². The van der Waals surface area contributed by atoms with Gasteiger partial charge >= 0.3 is 0 Å². The molecule has 0 bridgehead atoms. The molecule has 166 valence electrons. The molecule has 0 spiro atoms. The van der Waals surface area contributed by atoms with Crippen LogP contribution in [0.1, 0.15) is 13.8 Å². The highest BCUT2D eigenvalue weighted by molar-refractivity contribution is 6.01. The Hall–Kier alpha value is -4.52. The Balaban J connectivity index is 1.45. The Labute approximate surface area is 196 Å². The van der Waals surface area contributed by atoms with Gasteiger partial charge in [-0.15, -0.1) is 0 Å². The SMILES string of the molecule is CC(C)Nc1cncc(-c2ccc3[nH]nc(-c4cc5c(-c6ccccn6)cncc5[nH]4)c3c2)c1. The normalized spacial score (nSPS) is 11.5. The zero-order valence-electron chi connectivity index (χ0n) is 18.9. The van der Waals surface area contributed by atoms with Gasteiger partial charge in [-0.2, -0.15) is 5.10 Å². The van der Waals surface area contributed by atoms with Crippen LogP contribution >= 0.6 is 0 Å². The molecular weight excluding hydrogens is 422 g/mol. The van der Waals surface area contributed by atoms with E-state index < -0.39 is 0 Å². The maximum atomic E-state index is 4.63. The van der Waals surface area contributed by atoms with Gasteiger partial charge in [-0.3, -0.25) is 20.1 Å². The number of pyridine rings is 3. The molecule has 1 aromatic carbocycles. The third-order valence-electron chi connectivity index (χ3n) is 5.83. The first-order valence-electron chi connectivity index (χ1n) is 11.2. The number of benzene rings is 1. The lowest BCUT2D eigenvalue weighted by Gasteiger charge is -2.11. The van der Waals surface area contributed by atoms with Gasteiger partial charge in [-0.1, -0.05) is 12.1 Å². The fourth-order valence-electron chi connectivity index (χ4n) is 4.31. The van der Waals surface area contributed by atoms with E-state index in [-0.39, 0.29) is 0 Å². The van der Waals surface area contributed by atoms with Crippen LogP contribution in [0.2, 0.25) is 0 Å². The summed E-state index contributed by atoms with van der Waals surface area (Å²) >= 11 is 0. The number of anilines is 1. The number of H-pyrrole nitrogens is 2. The first kappa shape index (κ1) is 20.1. The van der Waals surface area contributed by atoms with Crippen molar-refractivity contribution < 1.29 is 0 Å². The molecule has 7 nitrogen and oxygen atoms in total. The summed E-state index contributed by atoms with van der Waals surface area (Å²) in [7, 11) is 0. The van der Waals surface area contributed by atoms with E-state index in [1.165, 1.54) is 0 Å². The minimum Gasteiger partial charge on any atom is -0.382 e. The van der Waals surface area contributed by atoms with Crippen molar-refractivity contribution in [3.63, 3.8) is 0 Å². The van der Waals surface area contributed by atoms with Gasteiger partial charge in [-0.05, 0) is 55.8 Å². The van der Waals surface area contributed by atoms with Gasteiger partial charge < -0.3 is 10.3 Å². The lowest BCUT2D eigenvalue weighted by atomic mass is 10.0. The molecule has 0 aliphatic carbocycles. The van der Waals surface area contributed by atoms with E-state index >= 15 is 0 Å². The van der Waals surface area contributed by atoms with Crippen LogP contribution in [0.5, 0.6) is 0 Å². The van der Waals surface area contributed by atoms with E-state index in [2.05, 4.69) is 79.6 Å². The summed E-state index contributed by atoms with van der Waals surface area (Å²) in [5, 5.41) is 13.3. The summed E-state index contributed by atoms with van der Waals surface area (Å²) in [5.74, 6) is 0. The van der Waals surface area contributed by atoms with E-state index in [0.717, 1.165) is 61.3 Å². The van der Waals surface area contributed by atoms with Crippen LogP contribution in [0.3, 0.4) is 0 Å². The zero-order valence-corrected chi connectivity index (χ0v) is 18.9. The number of hydrogen-bond donors (Lipinski definition) is 3. The number of hydrogen-bond acceptors (Lipinski definition) is 5. The second kappa shape index (κ2) is 8.12. The highest BCUT2D eigenvalue weighted by atomic mass is 15.1. The van der Waals surface area contributed by atoms with Gasteiger partial charge in [0, 0.05) is 52.7 Å². The van der Waals surface area contributed by atoms with Crippen LogP contribution in [-0.2, 0) is 0 Å². The Morgan fingerprint density at radius 2 is 1.74 bits per heavy atom. The van der Waals surface area contributed by atoms with Crippen LogP contribution in [-0.4, -0.2) is 36.2 Å². The fraction of sp³-hybridized carbons (Fsp3) is 0.111. The van der Waals surface area contributed by atoms with Crippen molar-refractivity contribution in [3.05, 3.63) is 79.5 Å². The number of aromatic amines is 2. The van der Waals surface area contributed by atoms with Crippen molar-refractivity contribution in [2.24, 2.45) is 0 Å². The van der Waals surface area contributed by atoms with E-state index in [9.17, 15) is 0 Å². The lowest BCUT2D eigenvalue weighted by Crippen LogP contribution is -2.09. The molecule has 0 atom stereocenters. The predicted octanol–water partition coefficient (Wildman–Crippen LogP) is 6.05. The second-order valence-electron chi connectivity index (χ2n) is 8.64. The van der Waals surface area contributed by atoms with E-state index in [1.807, 2.05) is 43.0 Å². The van der Waals surface area contributed by atoms with Gasteiger partial charge in [0.2, 0.25) is 0 Å². The fourth-order valence-corrected chi connectivity index (χ4v) is 4.31. The summed E-state index contributed by atoms with van der Waals surface area (Å²) in [6.07, 6.45) is 9.23. The van der Waals surface area contributed by atoms with Crippen molar-refractivity contribution >= 4 is 27.5 Å². The molecule has 0 aliphatic heterocycles. The maximum Gasteiger partial charge on any atom is 0.116 e. The molecule has 0 saturated carbocycles. The van der Waals surface area contributed by atoms with Gasteiger partial charge in [-0.25, -0.2) is 0 Å². The minimum atomic E-state index is 0.340. The van der Waals surface area contributed by atoms with E-state index in [0.29, 0.717) is 6.04 Å². The summed E-state index contributed by atoms with van der Waals surface area (Å²) in [5.41, 5.74) is 8.74. The van der Waals surface area contributed by atoms with Crippen molar-refractivity contribution in [2.75, 3.05) is 5.32 Å². The minimum absolute atomic E-state index is 0.340. The number of fused-ring (bicyclic) bond motifs is 2. The van der Waals surface area contributed by atoms with Gasteiger partial charge in [0.25, 0.3) is 0 Å². The Kier molecular flexibility index (Phi) is 4.80. The third-order valence-corrected chi connectivity index (χ3v) is 5.83. The van der Waals surface area contributed by atoms with Crippen molar-refractivity contribution in [1.29, 1.82) is 0 Å². The molecular formula is C27H23N7. The van der Waals surface area contributed by atoms with E-state index in [1.54, 1.807) is 6.20 Å². The molecule has 6 rings (SSSR count). The first-order valence-corrected chi connectivity index (χ1v) is 11.2. The molecule has 34 heavy (non-hydrogen) atoms. The Morgan fingerprint density at radius 1 is 0.824 bits per heavy atom. The topological polar surface area (TPSA) is 95.2 Å². The molecule has 5 aromatic heterocycles. The summed E-state index contributed by atoms with van der Waals surface area (Å²) < 4.78 is 0. The van der Waals surface area contributed by atoms with Crippen molar-refractivity contribution in [1.82, 2.24) is 30.1 Å². The van der Waals surface area contributed by atoms with Crippen molar-refractivity contribution in [3.8, 4) is 33.8 Å². The standard InChI is InChI=1S/C27H23N7/c1-16(2)31-19-9-18(12-28-13-19)17-6-7-24-21(10-17)27(34-33-24)25-11-20-22(14-29-15-26(20)32-25)23-5-3-4-8-30-23/h3-16,31-32H,1-2H3,(H,33,34). The average Bonchev–Trinajstić information content (AvgIpc) is 3.48. The summed E-state index contributed by atoms with van der Waals surface area (Å²) in [4.78, 5) is 16.8. The van der Waals surface area contributed by atoms with E-state index in [4.69, 9.17) is 0 Å². The Bertz CT molecular complexity index is 1610. The maximum absolute atomic E-state index is 4.63. The second-order valence-corrected chi connectivity index (χ2v) is 8.64. The van der Waals surface area contributed by atoms with Crippen LogP contribution in [0.4, 0.5) is 5.69 Å². The van der Waals surface area contributed by atoms with Crippen LogP contribution in [0, 0.1) is 0 Å². The van der Waals surface area contributed by atoms with Crippen LogP contribution in [0.15, 0.2) is 79.5 Å². The first-order chi connectivity index (χ1) is 16.7. The molecule has 0 fully saturated rings. The molecule has 0 aliphatic rings. The smallest absolute Gasteiger partial charge is 0.116 e. The monoisotopic (exact) mass is 445 g/mol. The molecule has 5 heterocycles. The molecule has 0 unspecified atom stereocenters. The summed E-state index contributed by atoms with van der Waals surface area (Å²) in [6, 6.07) is 16.8. The number of aromatic nitrogens is 6. The number of nitrogens with zero attached hydrogens (tertiary/aromatic N) is 4. The Morgan fingerprint density at radius 3 is 2.59 bits per heavy atom. The van der Waals surface area contributed by atoms with Crippen molar-refractivity contribution in [2.45, 2.75) is 19.9 Å². The quantitative estimate of drug-likeness (QED) is 0.300. The molecule has 7 heteroatoms. The lowest BCUT2D eigenvalue weighted by molar-refractivity contribution is 0.898. The molecule has 6 aromatic rings. The molecule has 0 radical (unpaired) electrons. The highest BCUT2D eigenvalue weighted by Crippen LogP contribution is 2.34. The molecule has 3 N–H and O–H groups in total. The van der Waals surface area contributed by atoms with Crippen LogP contribution in [0.25, 0.3) is 55.6 Å². The summed E-state index contributed by atoms with van der Waals surface area (Å²) in [6.45, 7) is 4.23. The molecule has 0 saturated heterocycles. The van der Waals surface area contributed by atoms with Gasteiger partial charge in [0.15, 0.2) is 0 Å². The predicted molar refractivity (Wildman–Crippen MR) is 136 cm³/mol. The zero-order chi connectivity index (χ0) is 23.1. The average molecular weight is 446 g/mol.